The smallest absolute Gasteiger partial charge is 0.163 e. The fourth-order valence-corrected chi connectivity index (χ4v) is 3.28. The third-order valence-corrected chi connectivity index (χ3v) is 4.18. The van der Waals surface area contributed by atoms with Crippen LogP contribution in [0.5, 0.6) is 0 Å². The molecule has 3 heteroatoms. The second-order valence-electron chi connectivity index (χ2n) is 3.86. The molecule has 0 atom stereocenters. The molecule has 0 N–H and O–H groups in total. The van der Waals surface area contributed by atoms with E-state index in [4.69, 9.17) is 11.6 Å². The van der Waals surface area contributed by atoms with Gasteiger partial charge in [0.15, 0.2) is 5.78 Å². The van der Waals surface area contributed by atoms with Gasteiger partial charge in [0.2, 0.25) is 0 Å². The van der Waals surface area contributed by atoms with E-state index in [9.17, 15) is 4.79 Å². The van der Waals surface area contributed by atoms with Crippen LogP contribution in [0, 0.1) is 0 Å². The van der Waals surface area contributed by atoms with Crippen LogP contribution in [0.2, 0.25) is 4.34 Å². The monoisotopic (exact) mass is 248 g/mol. The average Bonchev–Trinajstić information content (AvgIpc) is 2.86. The topological polar surface area (TPSA) is 17.1 Å². The Morgan fingerprint density at radius 2 is 1.88 bits per heavy atom. The van der Waals surface area contributed by atoms with Crippen molar-refractivity contribution in [2.75, 3.05) is 0 Å². The molecule has 3 rings (SSSR count). The standard InChI is InChI=1S/C13H9ClOS/c14-13-7-6-12(16-13)10-3-1-2-9-8(10)4-5-11(9)15/h1-3,6-7H,4-5H2. The molecule has 1 aromatic carbocycles. The highest BCUT2D eigenvalue weighted by Crippen LogP contribution is 2.37. The van der Waals surface area contributed by atoms with Crippen LogP contribution < -0.4 is 0 Å². The van der Waals surface area contributed by atoms with Gasteiger partial charge in [-0.05, 0) is 29.7 Å². The highest BCUT2D eigenvalue weighted by molar-refractivity contribution is 7.19. The number of thiophene rings is 1. The number of hydrogen-bond donors (Lipinski definition) is 0. The molecule has 0 bridgehead atoms. The number of hydrogen-bond acceptors (Lipinski definition) is 2. The van der Waals surface area contributed by atoms with E-state index in [1.807, 2.05) is 24.3 Å². The van der Waals surface area contributed by atoms with Crippen LogP contribution in [-0.4, -0.2) is 5.78 Å². The summed E-state index contributed by atoms with van der Waals surface area (Å²) in [5.41, 5.74) is 3.24. The van der Waals surface area contributed by atoms with Gasteiger partial charge in [-0.25, -0.2) is 0 Å². The highest BCUT2D eigenvalue weighted by Gasteiger charge is 2.22. The SMILES string of the molecule is O=C1CCc2c1cccc2-c1ccc(Cl)s1. The predicted molar refractivity (Wildman–Crippen MR) is 67.4 cm³/mol. The fourth-order valence-electron chi connectivity index (χ4n) is 2.18. The summed E-state index contributed by atoms with van der Waals surface area (Å²) in [4.78, 5) is 12.8. The van der Waals surface area contributed by atoms with E-state index >= 15 is 0 Å². The molecule has 0 amide bonds. The van der Waals surface area contributed by atoms with Crippen molar-refractivity contribution in [3.8, 4) is 10.4 Å². The number of ketones is 1. The Balaban J connectivity index is 2.19. The molecular weight excluding hydrogens is 240 g/mol. The third-order valence-electron chi connectivity index (χ3n) is 2.92. The van der Waals surface area contributed by atoms with Gasteiger partial charge in [-0.1, -0.05) is 29.8 Å². The second kappa shape index (κ2) is 3.72. The molecule has 1 aromatic heterocycles. The van der Waals surface area contributed by atoms with Crippen molar-refractivity contribution in [1.82, 2.24) is 0 Å². The minimum Gasteiger partial charge on any atom is -0.294 e. The summed E-state index contributed by atoms with van der Waals surface area (Å²) in [6.45, 7) is 0. The molecule has 16 heavy (non-hydrogen) atoms. The lowest BCUT2D eigenvalue weighted by atomic mass is 10.0. The minimum absolute atomic E-state index is 0.263. The summed E-state index contributed by atoms with van der Waals surface area (Å²) >= 11 is 7.50. The van der Waals surface area contributed by atoms with E-state index < -0.39 is 0 Å². The van der Waals surface area contributed by atoms with E-state index in [1.165, 1.54) is 11.1 Å². The van der Waals surface area contributed by atoms with Gasteiger partial charge >= 0.3 is 0 Å². The number of Topliss-reactive ketones (excluding diaryl/α,β-unsaturated/α-hetero) is 1. The molecule has 1 aliphatic carbocycles. The number of rotatable bonds is 1. The van der Waals surface area contributed by atoms with E-state index in [1.54, 1.807) is 11.3 Å². The van der Waals surface area contributed by atoms with Crippen LogP contribution in [0.25, 0.3) is 10.4 Å². The highest BCUT2D eigenvalue weighted by atomic mass is 35.5. The molecule has 2 aromatic rings. The second-order valence-corrected chi connectivity index (χ2v) is 5.57. The van der Waals surface area contributed by atoms with Crippen molar-refractivity contribution < 1.29 is 4.79 Å². The lowest BCUT2D eigenvalue weighted by Crippen LogP contribution is -1.91. The summed E-state index contributed by atoms with van der Waals surface area (Å²) in [5.74, 6) is 0.263. The minimum atomic E-state index is 0.263. The van der Waals surface area contributed by atoms with Crippen molar-refractivity contribution in [1.29, 1.82) is 0 Å². The number of carbonyl (C=O) groups excluding carboxylic acids is 1. The zero-order valence-electron chi connectivity index (χ0n) is 8.50. The summed E-state index contributed by atoms with van der Waals surface area (Å²) < 4.78 is 0.789. The Kier molecular flexibility index (Phi) is 2.34. The molecule has 0 radical (unpaired) electrons. The van der Waals surface area contributed by atoms with E-state index in [0.29, 0.717) is 6.42 Å². The average molecular weight is 249 g/mol. The zero-order chi connectivity index (χ0) is 11.1. The Morgan fingerprint density at radius 1 is 1.06 bits per heavy atom. The lowest BCUT2D eigenvalue weighted by molar-refractivity contribution is 0.0994. The Hall–Kier alpha value is -1.12. The Bertz CT molecular complexity index is 571. The molecule has 80 valence electrons. The van der Waals surface area contributed by atoms with Gasteiger partial charge in [-0.3, -0.25) is 4.79 Å². The first-order valence-corrected chi connectivity index (χ1v) is 6.36. The molecule has 0 saturated carbocycles. The van der Waals surface area contributed by atoms with Crippen LogP contribution in [0.1, 0.15) is 22.3 Å². The summed E-state index contributed by atoms with van der Waals surface area (Å²) in [6, 6.07) is 9.86. The van der Waals surface area contributed by atoms with Crippen LogP contribution in [0.4, 0.5) is 0 Å². The van der Waals surface area contributed by atoms with Crippen LogP contribution in [0.3, 0.4) is 0 Å². The molecule has 0 aliphatic heterocycles. The number of benzene rings is 1. The van der Waals surface area contributed by atoms with E-state index in [2.05, 4.69) is 6.07 Å². The molecule has 0 saturated heterocycles. The largest absolute Gasteiger partial charge is 0.294 e. The van der Waals surface area contributed by atoms with Crippen molar-refractivity contribution in [2.24, 2.45) is 0 Å². The number of halogens is 1. The van der Waals surface area contributed by atoms with Crippen molar-refractivity contribution in [2.45, 2.75) is 12.8 Å². The zero-order valence-corrected chi connectivity index (χ0v) is 10.1. The van der Waals surface area contributed by atoms with Gasteiger partial charge in [0, 0.05) is 16.9 Å². The molecule has 0 fully saturated rings. The van der Waals surface area contributed by atoms with Crippen molar-refractivity contribution in [3.05, 3.63) is 45.8 Å². The first-order valence-electron chi connectivity index (χ1n) is 5.16. The Labute approximate surface area is 103 Å². The maximum atomic E-state index is 11.6. The summed E-state index contributed by atoms with van der Waals surface area (Å²) in [6.07, 6.45) is 1.51. The van der Waals surface area contributed by atoms with Gasteiger partial charge in [0.25, 0.3) is 0 Å². The molecular formula is C13H9ClOS. The summed E-state index contributed by atoms with van der Waals surface area (Å²) in [5, 5.41) is 0. The van der Waals surface area contributed by atoms with Crippen LogP contribution >= 0.6 is 22.9 Å². The first kappa shape index (κ1) is 10.1. The van der Waals surface area contributed by atoms with Gasteiger partial charge in [0.1, 0.15) is 0 Å². The lowest BCUT2D eigenvalue weighted by Gasteiger charge is -2.04. The maximum absolute atomic E-state index is 11.6. The maximum Gasteiger partial charge on any atom is 0.163 e. The van der Waals surface area contributed by atoms with Gasteiger partial charge in [-0.2, -0.15) is 0 Å². The molecule has 0 spiro atoms. The molecule has 1 heterocycles. The van der Waals surface area contributed by atoms with Crippen LogP contribution in [-0.2, 0) is 6.42 Å². The first-order chi connectivity index (χ1) is 7.75. The normalized spacial score (nSPS) is 14.2. The summed E-state index contributed by atoms with van der Waals surface area (Å²) in [7, 11) is 0. The molecule has 1 nitrogen and oxygen atoms in total. The van der Waals surface area contributed by atoms with Gasteiger partial charge in [-0.15, -0.1) is 11.3 Å². The van der Waals surface area contributed by atoms with Crippen molar-refractivity contribution >= 4 is 28.7 Å². The molecule has 0 unspecified atom stereocenters. The quantitative estimate of drug-likeness (QED) is 0.739. The van der Waals surface area contributed by atoms with Crippen LogP contribution in [0.15, 0.2) is 30.3 Å². The molecule has 1 aliphatic rings. The van der Waals surface area contributed by atoms with Gasteiger partial charge in [0.05, 0.1) is 4.34 Å². The fraction of sp³-hybridized carbons (Fsp3) is 0.154. The van der Waals surface area contributed by atoms with E-state index in [-0.39, 0.29) is 5.78 Å². The third kappa shape index (κ3) is 1.49. The predicted octanol–water partition coefficient (Wildman–Crippen LogP) is 4.20. The van der Waals surface area contributed by atoms with E-state index in [0.717, 1.165) is 21.2 Å². The van der Waals surface area contributed by atoms with Gasteiger partial charge < -0.3 is 0 Å². The Morgan fingerprint density at radius 3 is 2.62 bits per heavy atom. The van der Waals surface area contributed by atoms with Crippen molar-refractivity contribution in [3.63, 3.8) is 0 Å². The number of carbonyl (C=O) groups is 1. The number of fused-ring (bicyclic) bond motifs is 1.